The molecule has 7 heteroatoms. The van der Waals surface area contributed by atoms with E-state index in [0.29, 0.717) is 0 Å². The van der Waals surface area contributed by atoms with Gasteiger partial charge in [0.25, 0.3) is 0 Å². The number of hydrogen-bond acceptors (Lipinski definition) is 6. The van der Waals surface area contributed by atoms with E-state index < -0.39 is 0 Å². The van der Waals surface area contributed by atoms with Gasteiger partial charge in [-0.2, -0.15) is 0 Å². The Labute approximate surface area is 203 Å². The lowest BCUT2D eigenvalue weighted by atomic mass is 10.1. The maximum absolute atomic E-state index is 11.1. The highest BCUT2D eigenvalue weighted by atomic mass is 32.1. The van der Waals surface area contributed by atoms with Gasteiger partial charge in [0.15, 0.2) is 0 Å². The van der Waals surface area contributed by atoms with Gasteiger partial charge in [0.1, 0.15) is 28.9 Å². The molecule has 0 bridgehead atoms. The second-order valence-corrected chi connectivity index (χ2v) is 9.53. The third-order valence-corrected chi connectivity index (χ3v) is 7.03. The van der Waals surface area contributed by atoms with Crippen LogP contribution in [0.15, 0.2) is 73.2 Å². The molecule has 0 aliphatic carbocycles. The van der Waals surface area contributed by atoms with Crippen LogP contribution in [-0.2, 0) is 22.5 Å². The zero-order valence-electron chi connectivity index (χ0n) is 19.3. The maximum atomic E-state index is 11.1. The van der Waals surface area contributed by atoms with Crippen LogP contribution in [-0.4, -0.2) is 39.6 Å². The molecule has 174 valence electrons. The van der Waals surface area contributed by atoms with Gasteiger partial charge in [0, 0.05) is 43.2 Å². The molecule has 1 aliphatic rings. The third kappa shape index (κ3) is 5.05. The van der Waals surface area contributed by atoms with E-state index >= 15 is 0 Å². The normalized spacial score (nSPS) is 14.1. The van der Waals surface area contributed by atoms with Gasteiger partial charge in [0.05, 0.1) is 5.69 Å². The number of carbonyl (C=O) groups excluding carboxylic acids is 1. The summed E-state index contributed by atoms with van der Waals surface area (Å²) in [6.45, 7) is 6.14. The Morgan fingerprint density at radius 1 is 1.09 bits per heavy atom. The van der Waals surface area contributed by atoms with Crippen molar-refractivity contribution in [3.63, 3.8) is 0 Å². The van der Waals surface area contributed by atoms with Crippen LogP contribution in [0.5, 0.6) is 11.5 Å². The second kappa shape index (κ2) is 9.83. The Balaban J connectivity index is 1.26. The van der Waals surface area contributed by atoms with Gasteiger partial charge in [0.2, 0.25) is 0 Å². The van der Waals surface area contributed by atoms with Crippen molar-refractivity contribution in [3.8, 4) is 27.8 Å². The van der Waals surface area contributed by atoms with E-state index in [4.69, 9.17) is 9.47 Å². The van der Waals surface area contributed by atoms with Crippen LogP contribution in [0.25, 0.3) is 16.3 Å². The van der Waals surface area contributed by atoms with Crippen molar-refractivity contribution in [2.75, 3.05) is 13.1 Å². The standard InChI is InChI=1S/C27H27N3O3S/c1-3-20-13-27(34-26(20)17-29-14-24(15-29)32-19(2)31)30-16-25(28-18-30)21-9-11-23(12-10-21)33-22-7-5-4-6-8-22/h4-13,16,18,24H,3,14-15,17H2,1-2H3. The van der Waals surface area contributed by atoms with E-state index in [1.165, 1.54) is 17.4 Å². The first-order valence-corrected chi connectivity index (χ1v) is 12.3. The quantitative estimate of drug-likeness (QED) is 0.307. The highest BCUT2D eigenvalue weighted by molar-refractivity contribution is 7.14. The largest absolute Gasteiger partial charge is 0.460 e. The first-order chi connectivity index (χ1) is 16.6. The molecule has 3 heterocycles. The molecule has 1 fully saturated rings. The molecule has 0 N–H and O–H groups in total. The first-order valence-electron chi connectivity index (χ1n) is 11.5. The molecule has 2 aromatic heterocycles. The fraction of sp³-hybridized carbons (Fsp3) is 0.259. The van der Waals surface area contributed by atoms with E-state index in [9.17, 15) is 4.79 Å². The summed E-state index contributed by atoms with van der Waals surface area (Å²) in [5.74, 6) is 1.42. The molecular formula is C27H27N3O3S. The molecule has 6 nitrogen and oxygen atoms in total. The number of ether oxygens (including phenoxy) is 2. The third-order valence-electron chi connectivity index (χ3n) is 5.85. The van der Waals surface area contributed by atoms with Crippen molar-refractivity contribution < 1.29 is 14.3 Å². The minimum Gasteiger partial charge on any atom is -0.460 e. The fourth-order valence-electron chi connectivity index (χ4n) is 4.09. The monoisotopic (exact) mass is 473 g/mol. The second-order valence-electron chi connectivity index (χ2n) is 8.42. The van der Waals surface area contributed by atoms with Crippen molar-refractivity contribution in [1.29, 1.82) is 0 Å². The SMILES string of the molecule is CCc1cc(-n2cnc(-c3ccc(Oc4ccccc4)cc3)c2)sc1CN1CC(OC(C)=O)C1. The zero-order valence-corrected chi connectivity index (χ0v) is 20.1. The van der Waals surface area contributed by atoms with Crippen LogP contribution in [0.4, 0.5) is 0 Å². The zero-order chi connectivity index (χ0) is 23.5. The summed E-state index contributed by atoms with van der Waals surface area (Å²) < 4.78 is 13.3. The highest BCUT2D eigenvalue weighted by Gasteiger charge is 2.30. The summed E-state index contributed by atoms with van der Waals surface area (Å²) in [5, 5.41) is 1.16. The number of carbonyl (C=O) groups is 1. The number of esters is 1. The van der Waals surface area contributed by atoms with Crippen LogP contribution >= 0.6 is 11.3 Å². The summed E-state index contributed by atoms with van der Waals surface area (Å²) in [6, 6.07) is 20.0. The van der Waals surface area contributed by atoms with Gasteiger partial charge < -0.3 is 9.47 Å². The maximum Gasteiger partial charge on any atom is 0.302 e. The number of nitrogens with zero attached hydrogens (tertiary/aromatic N) is 3. The minimum atomic E-state index is -0.202. The van der Waals surface area contributed by atoms with Crippen molar-refractivity contribution >= 4 is 17.3 Å². The summed E-state index contributed by atoms with van der Waals surface area (Å²) in [6.07, 6.45) is 4.96. The molecule has 1 aliphatic heterocycles. The number of likely N-dealkylation sites (tertiary alicyclic amines) is 1. The molecule has 34 heavy (non-hydrogen) atoms. The van der Waals surface area contributed by atoms with Crippen LogP contribution < -0.4 is 4.74 Å². The van der Waals surface area contributed by atoms with Crippen molar-refractivity contribution in [1.82, 2.24) is 14.5 Å². The topological polar surface area (TPSA) is 56.6 Å². The van der Waals surface area contributed by atoms with E-state index in [-0.39, 0.29) is 12.1 Å². The minimum absolute atomic E-state index is 0.0303. The number of hydrogen-bond donors (Lipinski definition) is 0. The number of benzene rings is 2. The highest BCUT2D eigenvalue weighted by Crippen LogP contribution is 2.31. The van der Waals surface area contributed by atoms with E-state index in [1.54, 1.807) is 11.3 Å². The molecule has 0 amide bonds. The number of aryl methyl sites for hydroxylation is 1. The summed E-state index contributed by atoms with van der Waals surface area (Å²) in [5.41, 5.74) is 3.32. The van der Waals surface area contributed by atoms with Crippen LogP contribution in [0.1, 0.15) is 24.3 Å². The summed E-state index contributed by atoms with van der Waals surface area (Å²) >= 11 is 1.80. The van der Waals surface area contributed by atoms with Gasteiger partial charge in [-0.15, -0.1) is 11.3 Å². The molecule has 0 unspecified atom stereocenters. The van der Waals surface area contributed by atoms with Gasteiger partial charge >= 0.3 is 5.97 Å². The number of aromatic nitrogens is 2. The lowest BCUT2D eigenvalue weighted by molar-refractivity contribution is -0.155. The van der Waals surface area contributed by atoms with Gasteiger partial charge in [-0.25, -0.2) is 4.98 Å². The van der Waals surface area contributed by atoms with Crippen LogP contribution in [0, 0.1) is 0 Å². The molecule has 1 saturated heterocycles. The van der Waals surface area contributed by atoms with Crippen LogP contribution in [0.2, 0.25) is 0 Å². The average molecular weight is 474 g/mol. The lowest BCUT2D eigenvalue weighted by Crippen LogP contribution is -2.51. The predicted molar refractivity (Wildman–Crippen MR) is 134 cm³/mol. The van der Waals surface area contributed by atoms with E-state index in [0.717, 1.165) is 53.8 Å². The van der Waals surface area contributed by atoms with E-state index in [1.807, 2.05) is 60.9 Å². The number of imidazole rings is 1. The molecule has 0 spiro atoms. The van der Waals surface area contributed by atoms with Crippen molar-refractivity contribution in [3.05, 3.63) is 83.6 Å². The Kier molecular flexibility index (Phi) is 6.47. The molecule has 0 atom stereocenters. The first kappa shape index (κ1) is 22.4. The molecule has 0 saturated carbocycles. The molecule has 4 aromatic rings. The average Bonchev–Trinajstić information content (AvgIpc) is 3.46. The van der Waals surface area contributed by atoms with Crippen molar-refractivity contribution in [2.45, 2.75) is 32.9 Å². The van der Waals surface area contributed by atoms with Crippen LogP contribution in [0.3, 0.4) is 0 Å². The van der Waals surface area contributed by atoms with Crippen molar-refractivity contribution in [2.24, 2.45) is 0 Å². The summed E-state index contributed by atoms with van der Waals surface area (Å²) in [7, 11) is 0. The molecule has 5 rings (SSSR count). The predicted octanol–water partition coefficient (Wildman–Crippen LogP) is 5.70. The Morgan fingerprint density at radius 2 is 1.82 bits per heavy atom. The van der Waals surface area contributed by atoms with E-state index in [2.05, 4.69) is 33.6 Å². The van der Waals surface area contributed by atoms with Gasteiger partial charge in [-0.1, -0.05) is 25.1 Å². The Bertz CT molecular complexity index is 1260. The number of rotatable bonds is 8. The summed E-state index contributed by atoms with van der Waals surface area (Å²) in [4.78, 5) is 19.4. The van der Waals surface area contributed by atoms with Gasteiger partial charge in [-0.3, -0.25) is 14.3 Å². The molecular weight excluding hydrogens is 446 g/mol. The lowest BCUT2D eigenvalue weighted by Gasteiger charge is -2.38. The Morgan fingerprint density at radius 3 is 2.53 bits per heavy atom. The smallest absolute Gasteiger partial charge is 0.302 e. The number of para-hydroxylation sites is 1. The number of thiophene rings is 1. The Hall–Kier alpha value is -3.42. The fourth-order valence-corrected chi connectivity index (χ4v) is 5.33. The molecule has 0 radical (unpaired) electrons. The molecule has 2 aromatic carbocycles. The van der Waals surface area contributed by atoms with Gasteiger partial charge in [-0.05, 0) is 54.4 Å².